The summed E-state index contributed by atoms with van der Waals surface area (Å²) in [7, 11) is 0. The van der Waals surface area contributed by atoms with Gasteiger partial charge in [-0.3, -0.25) is 4.79 Å². The number of halogens is 2. The van der Waals surface area contributed by atoms with Gasteiger partial charge in [-0.25, -0.2) is 0 Å². The van der Waals surface area contributed by atoms with E-state index < -0.39 is 5.91 Å². The summed E-state index contributed by atoms with van der Waals surface area (Å²) >= 11 is 11.9. The summed E-state index contributed by atoms with van der Waals surface area (Å²) in [6.07, 6.45) is 1.44. The van der Waals surface area contributed by atoms with Gasteiger partial charge < -0.3 is 10.1 Å². The van der Waals surface area contributed by atoms with Crippen LogP contribution in [-0.2, 0) is 4.79 Å². The summed E-state index contributed by atoms with van der Waals surface area (Å²) in [4.78, 5) is 12.3. The summed E-state index contributed by atoms with van der Waals surface area (Å²) in [6, 6.07) is 13.7. The highest BCUT2D eigenvalue weighted by Crippen LogP contribution is 2.24. The Kier molecular flexibility index (Phi) is 6.46. The standard InChI is InChI=1S/C19H16Cl2N2O2/c1-12(2)25-17-5-3-4-16(10-17)23-19(24)14(11-22)8-13-6-7-15(20)9-18(13)21/h3-10,12H,1-2H3,(H,23,24)/b14-8-. The second kappa shape index (κ2) is 8.57. The maximum Gasteiger partial charge on any atom is 0.266 e. The number of hydrogen-bond donors (Lipinski definition) is 1. The zero-order chi connectivity index (χ0) is 18.4. The van der Waals surface area contributed by atoms with Crippen LogP contribution in [0.4, 0.5) is 5.69 Å². The van der Waals surface area contributed by atoms with Crippen molar-refractivity contribution in [1.82, 2.24) is 0 Å². The van der Waals surface area contributed by atoms with Crippen molar-refractivity contribution >= 4 is 40.9 Å². The number of benzene rings is 2. The van der Waals surface area contributed by atoms with E-state index in [-0.39, 0.29) is 11.7 Å². The van der Waals surface area contributed by atoms with Crippen LogP contribution >= 0.6 is 23.2 Å². The van der Waals surface area contributed by atoms with Crippen LogP contribution in [0, 0.1) is 11.3 Å². The molecule has 2 aromatic rings. The van der Waals surface area contributed by atoms with Crippen molar-refractivity contribution in [3.8, 4) is 11.8 Å². The molecule has 1 N–H and O–H groups in total. The molecule has 0 saturated heterocycles. The van der Waals surface area contributed by atoms with Gasteiger partial charge in [0.25, 0.3) is 5.91 Å². The molecule has 0 saturated carbocycles. The molecule has 0 atom stereocenters. The first kappa shape index (κ1) is 18.9. The number of nitrogens with one attached hydrogen (secondary N) is 1. The number of carbonyl (C=O) groups excluding carboxylic acids is 1. The molecule has 0 aromatic heterocycles. The Bertz CT molecular complexity index is 855. The Balaban J connectivity index is 2.20. The Morgan fingerprint density at radius 1 is 1.24 bits per heavy atom. The maximum atomic E-state index is 12.3. The molecule has 6 heteroatoms. The fraction of sp³-hybridized carbons (Fsp3) is 0.158. The van der Waals surface area contributed by atoms with E-state index in [2.05, 4.69) is 5.32 Å². The van der Waals surface area contributed by atoms with Crippen molar-refractivity contribution in [2.45, 2.75) is 20.0 Å². The lowest BCUT2D eigenvalue weighted by atomic mass is 10.1. The molecule has 4 nitrogen and oxygen atoms in total. The summed E-state index contributed by atoms with van der Waals surface area (Å²) in [6.45, 7) is 3.83. The molecule has 0 radical (unpaired) electrons. The fourth-order valence-corrected chi connectivity index (χ4v) is 2.50. The van der Waals surface area contributed by atoms with Crippen molar-refractivity contribution in [1.29, 1.82) is 5.26 Å². The monoisotopic (exact) mass is 374 g/mol. The lowest BCUT2D eigenvalue weighted by molar-refractivity contribution is -0.112. The Hall–Kier alpha value is -2.48. The van der Waals surface area contributed by atoms with Gasteiger partial charge in [0.15, 0.2) is 0 Å². The molecular weight excluding hydrogens is 359 g/mol. The van der Waals surface area contributed by atoms with Gasteiger partial charge in [-0.05, 0) is 49.8 Å². The predicted octanol–water partition coefficient (Wildman–Crippen LogP) is 5.33. The van der Waals surface area contributed by atoms with Crippen LogP contribution in [0.25, 0.3) is 6.08 Å². The highest BCUT2D eigenvalue weighted by molar-refractivity contribution is 6.35. The first-order valence-corrected chi connectivity index (χ1v) is 8.29. The summed E-state index contributed by atoms with van der Waals surface area (Å²) < 4.78 is 5.58. The third-order valence-corrected chi connectivity index (χ3v) is 3.65. The molecule has 2 aromatic carbocycles. The number of ether oxygens (including phenoxy) is 1. The van der Waals surface area contributed by atoms with Gasteiger partial charge in [-0.15, -0.1) is 0 Å². The Morgan fingerprint density at radius 3 is 2.64 bits per heavy atom. The topological polar surface area (TPSA) is 62.1 Å². The Morgan fingerprint density at radius 2 is 2.00 bits per heavy atom. The van der Waals surface area contributed by atoms with Crippen LogP contribution in [0.15, 0.2) is 48.0 Å². The second-order valence-corrected chi connectivity index (χ2v) is 6.33. The lowest BCUT2D eigenvalue weighted by Crippen LogP contribution is -2.13. The normalized spacial score (nSPS) is 11.1. The van der Waals surface area contributed by atoms with Crippen LogP contribution in [0.3, 0.4) is 0 Å². The van der Waals surface area contributed by atoms with Crippen molar-refractivity contribution in [2.24, 2.45) is 0 Å². The minimum Gasteiger partial charge on any atom is -0.491 e. The number of hydrogen-bond acceptors (Lipinski definition) is 3. The molecule has 0 aliphatic heterocycles. The van der Waals surface area contributed by atoms with Gasteiger partial charge in [0.1, 0.15) is 17.4 Å². The molecule has 1 amide bonds. The molecule has 25 heavy (non-hydrogen) atoms. The third kappa shape index (κ3) is 5.53. The van der Waals surface area contributed by atoms with E-state index in [9.17, 15) is 10.1 Å². The molecule has 128 valence electrons. The summed E-state index contributed by atoms with van der Waals surface area (Å²) in [5, 5.41) is 12.8. The molecule has 0 aliphatic carbocycles. The number of anilines is 1. The molecular formula is C19H16Cl2N2O2. The van der Waals surface area contributed by atoms with E-state index in [4.69, 9.17) is 27.9 Å². The van der Waals surface area contributed by atoms with Crippen molar-refractivity contribution in [2.75, 3.05) is 5.32 Å². The van der Waals surface area contributed by atoms with Gasteiger partial charge >= 0.3 is 0 Å². The minimum absolute atomic E-state index is 0.0209. The molecule has 0 spiro atoms. The fourth-order valence-electron chi connectivity index (χ4n) is 2.04. The van der Waals surface area contributed by atoms with Gasteiger partial charge in [0, 0.05) is 21.8 Å². The Labute approximate surface area is 156 Å². The minimum atomic E-state index is -0.532. The smallest absolute Gasteiger partial charge is 0.266 e. The highest BCUT2D eigenvalue weighted by atomic mass is 35.5. The van der Waals surface area contributed by atoms with Crippen molar-refractivity contribution in [3.63, 3.8) is 0 Å². The number of nitriles is 1. The van der Waals surface area contributed by atoms with Gasteiger partial charge in [-0.1, -0.05) is 35.3 Å². The summed E-state index contributed by atoms with van der Waals surface area (Å²) in [5.41, 5.74) is 1.00. The molecule has 2 rings (SSSR count). The first-order chi connectivity index (χ1) is 11.9. The van der Waals surface area contributed by atoms with Crippen molar-refractivity contribution in [3.05, 3.63) is 63.6 Å². The molecule has 0 unspecified atom stereocenters. The van der Waals surface area contributed by atoms with Crippen LogP contribution in [-0.4, -0.2) is 12.0 Å². The average Bonchev–Trinajstić information content (AvgIpc) is 2.53. The average molecular weight is 375 g/mol. The lowest BCUT2D eigenvalue weighted by Gasteiger charge is -2.11. The van der Waals surface area contributed by atoms with E-state index in [1.54, 1.807) is 42.5 Å². The predicted molar refractivity (Wildman–Crippen MR) is 101 cm³/mol. The van der Waals surface area contributed by atoms with Gasteiger partial charge in [0.05, 0.1) is 6.10 Å². The second-order valence-electron chi connectivity index (χ2n) is 5.48. The molecule has 0 fully saturated rings. The largest absolute Gasteiger partial charge is 0.491 e. The summed E-state index contributed by atoms with van der Waals surface area (Å²) in [5.74, 6) is 0.103. The van der Waals surface area contributed by atoms with Crippen LogP contribution in [0.1, 0.15) is 19.4 Å². The van der Waals surface area contributed by atoms with Crippen LogP contribution < -0.4 is 10.1 Å². The quantitative estimate of drug-likeness (QED) is 0.568. The van der Waals surface area contributed by atoms with Gasteiger partial charge in [-0.2, -0.15) is 5.26 Å². The van der Waals surface area contributed by atoms with Crippen molar-refractivity contribution < 1.29 is 9.53 Å². The number of carbonyl (C=O) groups is 1. The highest BCUT2D eigenvalue weighted by Gasteiger charge is 2.11. The third-order valence-electron chi connectivity index (χ3n) is 3.09. The molecule has 0 aliphatic rings. The zero-order valence-corrected chi connectivity index (χ0v) is 15.2. The number of amides is 1. The maximum absolute atomic E-state index is 12.3. The molecule has 0 bridgehead atoms. The van der Waals surface area contributed by atoms with E-state index >= 15 is 0 Å². The van der Waals surface area contributed by atoms with E-state index in [1.807, 2.05) is 19.9 Å². The van der Waals surface area contributed by atoms with Crippen LogP contribution in [0.5, 0.6) is 5.75 Å². The number of nitrogens with zero attached hydrogens (tertiary/aromatic N) is 1. The first-order valence-electron chi connectivity index (χ1n) is 7.54. The van der Waals surface area contributed by atoms with Crippen LogP contribution in [0.2, 0.25) is 10.0 Å². The molecule has 0 heterocycles. The SMILES string of the molecule is CC(C)Oc1cccc(NC(=O)/C(C#N)=C\c2ccc(Cl)cc2Cl)c1. The van der Waals surface area contributed by atoms with E-state index in [0.29, 0.717) is 27.0 Å². The number of rotatable bonds is 5. The zero-order valence-electron chi connectivity index (χ0n) is 13.7. The van der Waals surface area contributed by atoms with Gasteiger partial charge in [0.2, 0.25) is 0 Å². The van der Waals surface area contributed by atoms with E-state index in [0.717, 1.165) is 0 Å². The van der Waals surface area contributed by atoms with E-state index in [1.165, 1.54) is 6.08 Å².